The number of aliphatic carboxylic acids is 1. The minimum absolute atomic E-state index is 0.0590. The summed E-state index contributed by atoms with van der Waals surface area (Å²) in [5.41, 5.74) is 0.706. The third kappa shape index (κ3) is 2.45. The first kappa shape index (κ1) is 10.5. The lowest BCUT2D eigenvalue weighted by Crippen LogP contribution is -2.21. The van der Waals surface area contributed by atoms with Crippen molar-refractivity contribution >= 4 is 5.97 Å². The second-order valence-corrected chi connectivity index (χ2v) is 2.99. The van der Waals surface area contributed by atoms with Crippen LogP contribution in [0.3, 0.4) is 0 Å². The highest BCUT2D eigenvalue weighted by Gasteiger charge is 2.03. The Kier molecular flexibility index (Phi) is 3.45. The van der Waals surface area contributed by atoms with Crippen LogP contribution < -0.4 is 5.56 Å². The third-order valence-corrected chi connectivity index (χ3v) is 2.05. The van der Waals surface area contributed by atoms with E-state index in [0.29, 0.717) is 13.0 Å². The van der Waals surface area contributed by atoms with Crippen LogP contribution in [0.2, 0.25) is 0 Å². The molecule has 0 aliphatic rings. The lowest BCUT2D eigenvalue weighted by Gasteiger charge is -2.08. The number of hydrogen-bond donors (Lipinski definition) is 1. The monoisotopic (exact) mass is 195 g/mol. The number of aryl methyl sites for hydroxylation is 1. The van der Waals surface area contributed by atoms with Crippen LogP contribution in [-0.4, -0.2) is 15.6 Å². The maximum atomic E-state index is 11.3. The van der Waals surface area contributed by atoms with Crippen molar-refractivity contribution in [3.8, 4) is 0 Å². The van der Waals surface area contributed by atoms with Crippen LogP contribution in [0.15, 0.2) is 23.0 Å². The zero-order chi connectivity index (χ0) is 10.6. The number of rotatable bonds is 4. The van der Waals surface area contributed by atoms with Gasteiger partial charge < -0.3 is 9.67 Å². The molecule has 0 unspecified atom stereocenters. The fourth-order valence-corrected chi connectivity index (χ4v) is 1.38. The zero-order valence-electron chi connectivity index (χ0n) is 8.06. The Balaban J connectivity index is 2.90. The third-order valence-electron chi connectivity index (χ3n) is 2.05. The zero-order valence-corrected chi connectivity index (χ0v) is 8.06. The van der Waals surface area contributed by atoms with E-state index in [1.54, 1.807) is 16.7 Å². The molecule has 0 saturated heterocycles. The van der Waals surface area contributed by atoms with Crippen LogP contribution in [0.5, 0.6) is 0 Å². The van der Waals surface area contributed by atoms with Gasteiger partial charge in [-0.1, -0.05) is 6.07 Å². The van der Waals surface area contributed by atoms with Gasteiger partial charge in [-0.05, 0) is 19.4 Å². The molecule has 0 saturated carbocycles. The summed E-state index contributed by atoms with van der Waals surface area (Å²) in [6.45, 7) is 2.44. The van der Waals surface area contributed by atoms with Gasteiger partial charge in [0.1, 0.15) is 0 Å². The minimum atomic E-state index is -0.844. The van der Waals surface area contributed by atoms with Crippen LogP contribution in [0.25, 0.3) is 0 Å². The van der Waals surface area contributed by atoms with Gasteiger partial charge in [-0.15, -0.1) is 0 Å². The van der Waals surface area contributed by atoms with E-state index in [2.05, 4.69) is 0 Å². The Morgan fingerprint density at radius 1 is 1.50 bits per heavy atom. The predicted octanol–water partition coefficient (Wildman–Crippen LogP) is 0.885. The maximum Gasteiger partial charge on any atom is 0.303 e. The molecular formula is C10H13NO3. The molecule has 0 atom stereocenters. The van der Waals surface area contributed by atoms with Crippen LogP contribution in [0.4, 0.5) is 0 Å². The first-order chi connectivity index (χ1) is 6.65. The van der Waals surface area contributed by atoms with Gasteiger partial charge in [0.15, 0.2) is 0 Å². The molecule has 0 aromatic carbocycles. The van der Waals surface area contributed by atoms with Crippen molar-refractivity contribution in [1.29, 1.82) is 0 Å². The molecule has 14 heavy (non-hydrogen) atoms. The van der Waals surface area contributed by atoms with Gasteiger partial charge in [0.25, 0.3) is 5.56 Å². The molecule has 1 rings (SSSR count). The summed E-state index contributed by atoms with van der Waals surface area (Å²) in [6.07, 6.45) is 0.461. The summed E-state index contributed by atoms with van der Waals surface area (Å²) in [5, 5.41) is 8.52. The van der Waals surface area contributed by atoms with Gasteiger partial charge >= 0.3 is 5.97 Å². The summed E-state index contributed by atoms with van der Waals surface area (Å²) in [6, 6.07) is 4.92. The first-order valence-corrected chi connectivity index (χ1v) is 4.55. The van der Waals surface area contributed by atoms with Gasteiger partial charge in [-0.3, -0.25) is 9.59 Å². The van der Waals surface area contributed by atoms with Gasteiger partial charge in [0.05, 0.1) is 6.42 Å². The van der Waals surface area contributed by atoms with Crippen molar-refractivity contribution in [2.75, 3.05) is 0 Å². The molecule has 4 nitrogen and oxygen atoms in total. The SMILES string of the molecule is CCn1c(CCC(=O)O)cccc1=O. The molecule has 1 aromatic heterocycles. The van der Waals surface area contributed by atoms with E-state index in [-0.39, 0.29) is 12.0 Å². The molecule has 4 heteroatoms. The van der Waals surface area contributed by atoms with E-state index in [9.17, 15) is 9.59 Å². The summed E-state index contributed by atoms with van der Waals surface area (Å²) in [5.74, 6) is -0.844. The number of carboxylic acid groups (broad SMARTS) is 1. The normalized spacial score (nSPS) is 10.1. The summed E-state index contributed by atoms with van der Waals surface area (Å²) in [4.78, 5) is 21.7. The van der Waals surface area contributed by atoms with Gasteiger partial charge in [-0.2, -0.15) is 0 Å². The fraction of sp³-hybridized carbons (Fsp3) is 0.400. The lowest BCUT2D eigenvalue weighted by atomic mass is 10.2. The number of nitrogens with zero attached hydrogens (tertiary/aromatic N) is 1. The molecule has 0 radical (unpaired) electrons. The largest absolute Gasteiger partial charge is 0.481 e. The topological polar surface area (TPSA) is 59.3 Å². The number of pyridine rings is 1. The lowest BCUT2D eigenvalue weighted by molar-refractivity contribution is -0.136. The molecule has 1 aromatic rings. The first-order valence-electron chi connectivity index (χ1n) is 4.55. The van der Waals surface area contributed by atoms with E-state index in [1.807, 2.05) is 6.92 Å². The van der Waals surface area contributed by atoms with Crippen molar-refractivity contribution in [3.05, 3.63) is 34.2 Å². The van der Waals surface area contributed by atoms with E-state index >= 15 is 0 Å². The van der Waals surface area contributed by atoms with Gasteiger partial charge in [-0.25, -0.2) is 0 Å². The average molecular weight is 195 g/mol. The maximum absolute atomic E-state index is 11.3. The van der Waals surface area contributed by atoms with E-state index < -0.39 is 5.97 Å². The molecule has 0 fully saturated rings. The Bertz CT molecular complexity index is 381. The standard InChI is InChI=1S/C10H13NO3/c1-2-11-8(6-7-10(13)14)4-3-5-9(11)12/h3-5H,2,6-7H2,1H3,(H,13,14). The average Bonchev–Trinajstić information content (AvgIpc) is 2.14. The Labute approximate surface area is 81.8 Å². The number of aromatic nitrogens is 1. The molecular weight excluding hydrogens is 182 g/mol. The van der Waals surface area contributed by atoms with Crippen LogP contribution in [0, 0.1) is 0 Å². The van der Waals surface area contributed by atoms with E-state index in [1.165, 1.54) is 6.07 Å². The van der Waals surface area contributed by atoms with Crippen molar-refractivity contribution in [2.45, 2.75) is 26.3 Å². The highest BCUT2D eigenvalue weighted by molar-refractivity contribution is 5.66. The molecule has 1 N–H and O–H groups in total. The van der Waals surface area contributed by atoms with Crippen LogP contribution in [-0.2, 0) is 17.8 Å². The van der Waals surface area contributed by atoms with Crippen molar-refractivity contribution in [2.24, 2.45) is 0 Å². The van der Waals surface area contributed by atoms with Crippen molar-refractivity contribution in [3.63, 3.8) is 0 Å². The fourth-order valence-electron chi connectivity index (χ4n) is 1.38. The van der Waals surface area contributed by atoms with Crippen molar-refractivity contribution < 1.29 is 9.90 Å². The quantitative estimate of drug-likeness (QED) is 0.776. The molecule has 0 spiro atoms. The molecule has 0 bridgehead atoms. The van der Waals surface area contributed by atoms with Crippen LogP contribution in [0.1, 0.15) is 19.0 Å². The second-order valence-electron chi connectivity index (χ2n) is 2.99. The number of hydrogen-bond acceptors (Lipinski definition) is 2. The number of carboxylic acids is 1. The van der Waals surface area contributed by atoms with E-state index in [0.717, 1.165) is 5.69 Å². The molecule has 0 aliphatic heterocycles. The van der Waals surface area contributed by atoms with E-state index in [4.69, 9.17) is 5.11 Å². The smallest absolute Gasteiger partial charge is 0.303 e. The molecule has 1 heterocycles. The van der Waals surface area contributed by atoms with Crippen molar-refractivity contribution in [1.82, 2.24) is 4.57 Å². The Morgan fingerprint density at radius 2 is 2.21 bits per heavy atom. The van der Waals surface area contributed by atoms with Gasteiger partial charge in [0, 0.05) is 18.3 Å². The summed E-state index contributed by atoms with van der Waals surface area (Å²) < 4.78 is 1.59. The Hall–Kier alpha value is -1.58. The highest BCUT2D eigenvalue weighted by atomic mass is 16.4. The second kappa shape index (κ2) is 4.60. The minimum Gasteiger partial charge on any atom is -0.481 e. The molecule has 0 amide bonds. The molecule has 76 valence electrons. The van der Waals surface area contributed by atoms with Crippen LogP contribution >= 0.6 is 0 Å². The molecule has 0 aliphatic carbocycles. The summed E-state index contributed by atoms with van der Waals surface area (Å²) in [7, 11) is 0. The number of carbonyl (C=O) groups is 1. The van der Waals surface area contributed by atoms with Gasteiger partial charge in [0.2, 0.25) is 0 Å². The predicted molar refractivity (Wildman–Crippen MR) is 52.3 cm³/mol. The highest BCUT2D eigenvalue weighted by Crippen LogP contribution is 2.00. The Morgan fingerprint density at radius 3 is 2.79 bits per heavy atom. The summed E-state index contributed by atoms with van der Waals surface area (Å²) >= 11 is 0.